The molecule has 4 nitrogen and oxygen atoms in total. The number of hydrogen-bond donors (Lipinski definition) is 2. The van der Waals surface area contributed by atoms with E-state index in [0.717, 1.165) is 32.1 Å². The van der Waals surface area contributed by atoms with E-state index in [1.165, 1.54) is 34.8 Å². The molecule has 110 valence electrons. The van der Waals surface area contributed by atoms with Crippen molar-refractivity contribution in [2.24, 2.45) is 11.7 Å². The second kappa shape index (κ2) is 6.22. The van der Waals surface area contributed by atoms with E-state index in [1.54, 1.807) is 0 Å². The Balaban J connectivity index is 1.45. The molecule has 1 aromatic rings. The van der Waals surface area contributed by atoms with Crippen LogP contribution in [0.2, 0.25) is 0 Å². The van der Waals surface area contributed by atoms with Crippen LogP contribution in [0.25, 0.3) is 0 Å². The van der Waals surface area contributed by atoms with Gasteiger partial charge in [-0.15, -0.1) is 11.3 Å². The van der Waals surface area contributed by atoms with E-state index in [4.69, 9.17) is 10.7 Å². The molecule has 0 saturated heterocycles. The molecule has 3 N–H and O–H groups in total. The van der Waals surface area contributed by atoms with Crippen LogP contribution in [-0.4, -0.2) is 23.5 Å². The summed E-state index contributed by atoms with van der Waals surface area (Å²) in [6, 6.07) is 0.219. The van der Waals surface area contributed by atoms with Gasteiger partial charge in [0.2, 0.25) is 5.91 Å². The Kier molecular flexibility index (Phi) is 4.36. The topological polar surface area (TPSA) is 68.0 Å². The second-order valence-electron chi connectivity index (χ2n) is 6.00. The molecule has 1 amide bonds. The van der Waals surface area contributed by atoms with E-state index < -0.39 is 0 Å². The molecule has 3 rings (SSSR count). The molecule has 1 saturated carbocycles. The Bertz CT molecular complexity index is 462. The highest BCUT2D eigenvalue weighted by Gasteiger charge is 2.27. The molecule has 0 aliphatic heterocycles. The van der Waals surface area contributed by atoms with Gasteiger partial charge in [-0.1, -0.05) is 0 Å². The summed E-state index contributed by atoms with van der Waals surface area (Å²) in [6.07, 6.45) is 8.54. The molecule has 2 aliphatic carbocycles. The van der Waals surface area contributed by atoms with E-state index in [9.17, 15) is 4.79 Å². The number of carbonyl (C=O) groups excluding carboxylic acids is 1. The number of rotatable bonds is 4. The van der Waals surface area contributed by atoms with Crippen LogP contribution in [0.4, 0.5) is 0 Å². The summed E-state index contributed by atoms with van der Waals surface area (Å²) >= 11 is 1.84. The van der Waals surface area contributed by atoms with E-state index >= 15 is 0 Å². The summed E-state index contributed by atoms with van der Waals surface area (Å²) in [5, 5.41) is 4.23. The van der Waals surface area contributed by atoms with Crippen LogP contribution in [0.5, 0.6) is 0 Å². The SMILES string of the molecule is N[C@@H]1CC[C@H](C(=O)NCCc2nc3c(s2)CCCC3)C1. The highest BCUT2D eigenvalue weighted by molar-refractivity contribution is 7.11. The van der Waals surface area contributed by atoms with Gasteiger partial charge in [-0.2, -0.15) is 0 Å². The number of aryl methyl sites for hydroxylation is 2. The van der Waals surface area contributed by atoms with Gasteiger partial charge < -0.3 is 11.1 Å². The van der Waals surface area contributed by atoms with Crippen molar-refractivity contribution in [2.75, 3.05) is 6.54 Å². The van der Waals surface area contributed by atoms with Crippen LogP contribution in [0.15, 0.2) is 0 Å². The van der Waals surface area contributed by atoms with Crippen molar-refractivity contribution in [2.45, 2.75) is 57.4 Å². The first-order chi connectivity index (χ1) is 9.72. The number of amides is 1. The molecule has 0 unspecified atom stereocenters. The number of fused-ring (bicyclic) bond motifs is 1. The Hall–Kier alpha value is -0.940. The van der Waals surface area contributed by atoms with Crippen molar-refractivity contribution in [3.05, 3.63) is 15.6 Å². The largest absolute Gasteiger partial charge is 0.355 e. The third-order valence-electron chi connectivity index (χ3n) is 4.37. The fourth-order valence-corrected chi connectivity index (χ4v) is 4.36. The number of hydrogen-bond acceptors (Lipinski definition) is 4. The molecular formula is C15H23N3OS. The average Bonchev–Trinajstić information content (AvgIpc) is 3.04. The normalized spacial score (nSPS) is 25.4. The number of carbonyl (C=O) groups is 1. The molecule has 0 spiro atoms. The first-order valence-corrected chi connectivity index (χ1v) is 8.55. The molecule has 5 heteroatoms. The lowest BCUT2D eigenvalue weighted by atomic mass is 10.0. The standard InChI is InChI=1S/C15H23N3OS/c16-11-6-5-10(9-11)15(19)17-8-7-14-18-12-3-1-2-4-13(12)20-14/h10-11H,1-9,16H2,(H,17,19)/t10-,11+/m0/s1. The summed E-state index contributed by atoms with van der Waals surface area (Å²) in [6.45, 7) is 0.705. The lowest BCUT2D eigenvalue weighted by Crippen LogP contribution is -2.31. The molecule has 1 heterocycles. The van der Waals surface area contributed by atoms with Gasteiger partial charge in [-0.3, -0.25) is 4.79 Å². The van der Waals surface area contributed by atoms with Gasteiger partial charge in [0.15, 0.2) is 0 Å². The molecular weight excluding hydrogens is 270 g/mol. The number of thiazole rings is 1. The van der Waals surface area contributed by atoms with Crippen molar-refractivity contribution < 1.29 is 4.79 Å². The van der Waals surface area contributed by atoms with Gasteiger partial charge in [0, 0.05) is 29.8 Å². The predicted molar refractivity (Wildman–Crippen MR) is 80.8 cm³/mol. The van der Waals surface area contributed by atoms with Crippen LogP contribution >= 0.6 is 11.3 Å². The fourth-order valence-electron chi connectivity index (χ4n) is 3.20. The van der Waals surface area contributed by atoms with Gasteiger partial charge in [0.05, 0.1) is 10.7 Å². The van der Waals surface area contributed by atoms with Gasteiger partial charge in [0.1, 0.15) is 0 Å². The first kappa shape index (κ1) is 14.0. The molecule has 2 atom stereocenters. The molecule has 2 aliphatic rings. The monoisotopic (exact) mass is 293 g/mol. The minimum atomic E-state index is 0.134. The minimum Gasteiger partial charge on any atom is -0.355 e. The number of aromatic nitrogens is 1. The smallest absolute Gasteiger partial charge is 0.223 e. The lowest BCUT2D eigenvalue weighted by molar-refractivity contribution is -0.124. The van der Waals surface area contributed by atoms with Crippen LogP contribution in [0.1, 0.15) is 47.7 Å². The fraction of sp³-hybridized carbons (Fsp3) is 0.733. The molecule has 0 bridgehead atoms. The molecule has 1 fully saturated rings. The Morgan fingerprint density at radius 1 is 1.35 bits per heavy atom. The maximum Gasteiger partial charge on any atom is 0.223 e. The van der Waals surface area contributed by atoms with Crippen LogP contribution in [0, 0.1) is 5.92 Å². The summed E-state index contributed by atoms with van der Waals surface area (Å²) in [5.41, 5.74) is 7.16. The molecule has 1 aromatic heterocycles. The predicted octanol–water partition coefficient (Wildman–Crippen LogP) is 1.81. The van der Waals surface area contributed by atoms with Crippen LogP contribution in [0.3, 0.4) is 0 Å². The maximum absolute atomic E-state index is 12.0. The highest BCUT2D eigenvalue weighted by atomic mass is 32.1. The molecule has 0 radical (unpaired) electrons. The van der Waals surface area contributed by atoms with Crippen molar-refractivity contribution in [3.8, 4) is 0 Å². The summed E-state index contributed by atoms with van der Waals surface area (Å²) in [5.74, 6) is 0.314. The van der Waals surface area contributed by atoms with Crippen molar-refractivity contribution in [1.82, 2.24) is 10.3 Å². The van der Waals surface area contributed by atoms with E-state index in [1.807, 2.05) is 11.3 Å². The summed E-state index contributed by atoms with van der Waals surface area (Å²) in [4.78, 5) is 18.2. The van der Waals surface area contributed by atoms with Gasteiger partial charge in [-0.05, 0) is 44.9 Å². The van der Waals surface area contributed by atoms with Gasteiger partial charge in [-0.25, -0.2) is 4.98 Å². The third-order valence-corrected chi connectivity index (χ3v) is 5.59. The average molecular weight is 293 g/mol. The Morgan fingerprint density at radius 2 is 2.20 bits per heavy atom. The zero-order chi connectivity index (χ0) is 13.9. The molecule has 20 heavy (non-hydrogen) atoms. The van der Waals surface area contributed by atoms with E-state index in [0.29, 0.717) is 6.54 Å². The van der Waals surface area contributed by atoms with Crippen molar-refractivity contribution in [3.63, 3.8) is 0 Å². The number of nitrogens with two attached hydrogens (primary N) is 1. The van der Waals surface area contributed by atoms with Gasteiger partial charge >= 0.3 is 0 Å². The lowest BCUT2D eigenvalue weighted by Gasteiger charge is -2.09. The maximum atomic E-state index is 12.0. The third kappa shape index (κ3) is 3.20. The zero-order valence-electron chi connectivity index (χ0n) is 11.9. The second-order valence-corrected chi connectivity index (χ2v) is 7.16. The van der Waals surface area contributed by atoms with Crippen LogP contribution in [-0.2, 0) is 24.1 Å². The molecule has 0 aromatic carbocycles. The van der Waals surface area contributed by atoms with Gasteiger partial charge in [0.25, 0.3) is 0 Å². The first-order valence-electron chi connectivity index (χ1n) is 7.73. The number of nitrogens with zero attached hydrogens (tertiary/aromatic N) is 1. The highest BCUT2D eigenvalue weighted by Crippen LogP contribution is 2.27. The Labute approximate surface area is 124 Å². The quantitative estimate of drug-likeness (QED) is 0.889. The van der Waals surface area contributed by atoms with Crippen LogP contribution < -0.4 is 11.1 Å². The van der Waals surface area contributed by atoms with E-state index in [-0.39, 0.29) is 17.9 Å². The van der Waals surface area contributed by atoms with Crippen molar-refractivity contribution in [1.29, 1.82) is 0 Å². The zero-order valence-corrected chi connectivity index (χ0v) is 12.7. The van der Waals surface area contributed by atoms with E-state index in [2.05, 4.69) is 5.32 Å². The summed E-state index contributed by atoms with van der Waals surface area (Å²) in [7, 11) is 0. The van der Waals surface area contributed by atoms with Crippen molar-refractivity contribution >= 4 is 17.2 Å². The minimum absolute atomic E-state index is 0.134. The Morgan fingerprint density at radius 3 is 2.95 bits per heavy atom. The number of nitrogens with one attached hydrogen (secondary N) is 1. The summed E-state index contributed by atoms with van der Waals surface area (Å²) < 4.78 is 0.